The second-order valence-electron chi connectivity index (χ2n) is 9.89. The molecule has 2 aromatic rings. The highest BCUT2D eigenvalue weighted by Crippen LogP contribution is 2.32. The third kappa shape index (κ3) is 14.1. The lowest BCUT2D eigenvalue weighted by Gasteiger charge is -2.13. The molecule has 0 atom stereocenters. The molecule has 0 saturated heterocycles. The van der Waals surface area contributed by atoms with Gasteiger partial charge in [0.25, 0.3) is 5.69 Å². The summed E-state index contributed by atoms with van der Waals surface area (Å²) in [5.74, 6) is -0.386. The molecule has 0 aliphatic heterocycles. The summed E-state index contributed by atoms with van der Waals surface area (Å²) in [5, 5.41) is 11.3. The molecular formula is C31H40Cl2N2O8. The van der Waals surface area contributed by atoms with Crippen molar-refractivity contribution in [2.45, 2.75) is 90.9 Å². The van der Waals surface area contributed by atoms with Gasteiger partial charge in [0.05, 0.1) is 34.4 Å². The first-order valence-electron chi connectivity index (χ1n) is 14.8. The van der Waals surface area contributed by atoms with Crippen molar-refractivity contribution in [3.63, 3.8) is 0 Å². The summed E-state index contributed by atoms with van der Waals surface area (Å²) in [4.78, 5) is 40.0. The lowest BCUT2D eigenvalue weighted by Crippen LogP contribution is -2.18. The van der Waals surface area contributed by atoms with Gasteiger partial charge in [-0.2, -0.15) is 0 Å². The Morgan fingerprint density at radius 2 is 1.37 bits per heavy atom. The summed E-state index contributed by atoms with van der Waals surface area (Å²) in [5.41, 5.74) is -0.151. The van der Waals surface area contributed by atoms with Crippen LogP contribution in [0.3, 0.4) is 0 Å². The lowest BCUT2D eigenvalue weighted by atomic mass is 10.1. The van der Waals surface area contributed by atoms with Crippen LogP contribution < -0.4 is 4.74 Å². The highest BCUT2D eigenvalue weighted by atomic mass is 35.5. The van der Waals surface area contributed by atoms with Crippen LogP contribution in [0.4, 0.5) is 21.0 Å². The molecule has 0 heterocycles. The summed E-state index contributed by atoms with van der Waals surface area (Å²) in [6.45, 7) is 4.61. The van der Waals surface area contributed by atoms with Gasteiger partial charge in [0.15, 0.2) is 0 Å². The number of ether oxygens (including phenoxy) is 4. The Kier molecular flexibility index (Phi) is 17.1. The van der Waals surface area contributed by atoms with Crippen LogP contribution in [0, 0.1) is 10.1 Å². The number of benzene rings is 2. The number of halogens is 2. The zero-order chi connectivity index (χ0) is 31.5. The van der Waals surface area contributed by atoms with Gasteiger partial charge in [-0.25, -0.2) is 14.6 Å². The molecule has 0 saturated carbocycles. The Morgan fingerprint density at radius 3 is 1.95 bits per heavy atom. The van der Waals surface area contributed by atoms with E-state index in [1.54, 1.807) is 0 Å². The summed E-state index contributed by atoms with van der Waals surface area (Å²) < 4.78 is 21.3. The first kappa shape index (κ1) is 35.8. The minimum atomic E-state index is -1.04. The summed E-state index contributed by atoms with van der Waals surface area (Å²) in [6, 6.07) is 7.89. The van der Waals surface area contributed by atoms with Gasteiger partial charge in [-0.05, 0) is 37.1 Å². The van der Waals surface area contributed by atoms with Crippen molar-refractivity contribution in [3.05, 3.63) is 62.1 Å². The van der Waals surface area contributed by atoms with Gasteiger partial charge < -0.3 is 18.9 Å². The molecule has 12 heteroatoms. The topological polar surface area (TPSA) is 127 Å². The molecule has 0 aromatic heterocycles. The van der Waals surface area contributed by atoms with E-state index in [0.29, 0.717) is 12.8 Å². The molecule has 2 rings (SSSR count). The number of carbonyl (C=O) groups is 2. The molecule has 0 radical (unpaired) electrons. The number of nitrogens with zero attached hydrogens (tertiary/aromatic N) is 2. The van der Waals surface area contributed by atoms with E-state index in [2.05, 4.69) is 18.8 Å². The molecule has 0 aliphatic rings. The average Bonchev–Trinajstić information content (AvgIpc) is 2.97. The van der Waals surface area contributed by atoms with Crippen molar-refractivity contribution >= 4 is 52.8 Å². The standard InChI is InChI=1S/C31H40Cl2N2O8/c1-3-5-7-9-11-13-19-40-30(36)42-28-18-15-23(32)21-25(28)29(34-27-17-16-24(35(38)39)22-26(27)33)43-31(37)41-20-14-12-10-8-6-4-2/h15-18,21-22H,3-14,19-20H2,1-2H3/b34-29+. The Hall–Kier alpha value is -3.37. The van der Waals surface area contributed by atoms with Gasteiger partial charge in [-0.15, -0.1) is 0 Å². The highest BCUT2D eigenvalue weighted by Gasteiger charge is 2.22. The van der Waals surface area contributed by atoms with E-state index >= 15 is 0 Å². The van der Waals surface area contributed by atoms with E-state index < -0.39 is 17.2 Å². The molecule has 0 spiro atoms. The first-order chi connectivity index (χ1) is 20.7. The fourth-order valence-electron chi connectivity index (χ4n) is 4.01. The third-order valence-corrected chi connectivity index (χ3v) is 6.88. The number of aliphatic imine (C=N–C) groups is 1. The zero-order valence-electron chi connectivity index (χ0n) is 24.8. The first-order valence-corrected chi connectivity index (χ1v) is 15.5. The predicted octanol–water partition coefficient (Wildman–Crippen LogP) is 10.4. The van der Waals surface area contributed by atoms with Gasteiger partial charge in [-0.3, -0.25) is 10.1 Å². The van der Waals surface area contributed by atoms with Crippen molar-refractivity contribution in [1.29, 1.82) is 0 Å². The van der Waals surface area contributed by atoms with E-state index in [-0.39, 0.29) is 51.8 Å². The van der Waals surface area contributed by atoms with Crippen LogP contribution in [0.2, 0.25) is 10.0 Å². The minimum absolute atomic E-state index is 0.0370. The molecule has 0 aliphatic carbocycles. The van der Waals surface area contributed by atoms with Crippen molar-refractivity contribution in [3.8, 4) is 5.75 Å². The summed E-state index contributed by atoms with van der Waals surface area (Å²) >= 11 is 12.5. The van der Waals surface area contributed by atoms with Crippen molar-refractivity contribution in [1.82, 2.24) is 0 Å². The number of nitro benzene ring substituents is 1. The summed E-state index contributed by atoms with van der Waals surface area (Å²) in [7, 11) is 0. The second kappa shape index (κ2) is 20.5. The number of hydrogen-bond acceptors (Lipinski definition) is 9. The predicted molar refractivity (Wildman–Crippen MR) is 167 cm³/mol. The number of non-ortho nitro benzene ring substituents is 1. The molecule has 10 nitrogen and oxygen atoms in total. The van der Waals surface area contributed by atoms with Gasteiger partial charge in [0, 0.05) is 17.2 Å². The Bertz CT molecular complexity index is 1220. The molecule has 0 bridgehead atoms. The number of nitro groups is 1. The maximum absolute atomic E-state index is 12.7. The van der Waals surface area contributed by atoms with Crippen LogP contribution in [0.15, 0.2) is 41.4 Å². The molecule has 0 unspecified atom stereocenters. The van der Waals surface area contributed by atoms with Crippen molar-refractivity contribution < 1.29 is 33.5 Å². The summed E-state index contributed by atoms with van der Waals surface area (Å²) in [6.07, 6.45) is 10.2. The monoisotopic (exact) mass is 638 g/mol. The molecule has 236 valence electrons. The quantitative estimate of drug-likeness (QED) is 0.0300. The molecule has 2 aromatic carbocycles. The van der Waals surface area contributed by atoms with Crippen molar-refractivity contribution in [2.75, 3.05) is 13.2 Å². The molecule has 43 heavy (non-hydrogen) atoms. The largest absolute Gasteiger partial charge is 0.515 e. The normalized spacial score (nSPS) is 11.2. The fourth-order valence-corrected chi connectivity index (χ4v) is 4.40. The van der Waals surface area contributed by atoms with E-state index in [1.807, 2.05) is 0 Å². The van der Waals surface area contributed by atoms with E-state index in [0.717, 1.165) is 63.9 Å². The second-order valence-corrected chi connectivity index (χ2v) is 10.7. The van der Waals surface area contributed by atoms with Gasteiger partial charge in [0.1, 0.15) is 5.75 Å². The van der Waals surface area contributed by atoms with E-state index in [4.69, 9.17) is 42.1 Å². The van der Waals surface area contributed by atoms with Gasteiger partial charge in [0.2, 0.25) is 5.90 Å². The van der Waals surface area contributed by atoms with E-state index in [9.17, 15) is 19.7 Å². The SMILES string of the molecule is CCCCCCCCOC(=O)O/C(=N/c1ccc([N+](=O)[O-])cc1Cl)c1cc(Cl)ccc1OC(=O)OCCCCCCCC. The Morgan fingerprint density at radius 1 is 0.791 bits per heavy atom. The smallest absolute Gasteiger partial charge is 0.434 e. The highest BCUT2D eigenvalue weighted by molar-refractivity contribution is 6.33. The molecule has 0 amide bonds. The number of hydrogen-bond donors (Lipinski definition) is 0. The number of unbranched alkanes of at least 4 members (excludes halogenated alkanes) is 10. The maximum Gasteiger partial charge on any atom is 0.515 e. The lowest BCUT2D eigenvalue weighted by molar-refractivity contribution is -0.384. The Labute approximate surface area is 262 Å². The van der Waals surface area contributed by atoms with E-state index in [1.165, 1.54) is 36.8 Å². The third-order valence-electron chi connectivity index (χ3n) is 6.35. The van der Waals surface area contributed by atoms with Crippen molar-refractivity contribution in [2.24, 2.45) is 4.99 Å². The fraction of sp³-hybridized carbons (Fsp3) is 0.516. The van der Waals surface area contributed by atoms with Gasteiger partial charge in [-0.1, -0.05) is 101 Å². The molecule has 0 N–H and O–H groups in total. The Balaban J connectivity index is 2.22. The van der Waals surface area contributed by atoms with Crippen LogP contribution in [0.5, 0.6) is 5.75 Å². The van der Waals surface area contributed by atoms with Gasteiger partial charge >= 0.3 is 12.3 Å². The van der Waals surface area contributed by atoms with Crippen LogP contribution in [-0.4, -0.2) is 36.3 Å². The zero-order valence-corrected chi connectivity index (χ0v) is 26.3. The molecular weight excluding hydrogens is 599 g/mol. The molecule has 0 fully saturated rings. The van der Waals surface area contributed by atoms with Crippen LogP contribution in [-0.2, 0) is 14.2 Å². The number of rotatable bonds is 18. The van der Waals surface area contributed by atoms with Crippen LogP contribution >= 0.6 is 23.2 Å². The van der Waals surface area contributed by atoms with Crippen LogP contribution in [0.25, 0.3) is 0 Å². The van der Waals surface area contributed by atoms with Crippen LogP contribution in [0.1, 0.15) is 96.5 Å². The number of carbonyl (C=O) groups excluding carboxylic acids is 2. The average molecular weight is 640 g/mol. The minimum Gasteiger partial charge on any atom is -0.434 e. The maximum atomic E-state index is 12.7.